The number of thiophene rings is 1. The van der Waals surface area contributed by atoms with Crippen LogP contribution >= 0.6 is 11.3 Å². The lowest BCUT2D eigenvalue weighted by molar-refractivity contribution is 0.322. The fraction of sp³-hybridized carbons (Fsp3) is 0.235. The standard InChI is InChI=1S/C17H16N2O2S/c1-2-6-15-14(5-1)19(8-4-9-20-15)11-13-12-21-17(18-13)16-7-3-10-22-16/h1-3,5-7,10,12H,4,8-9,11H2. The van der Waals surface area contributed by atoms with Gasteiger partial charge in [-0.25, -0.2) is 4.98 Å². The summed E-state index contributed by atoms with van der Waals surface area (Å²) < 4.78 is 11.4. The van der Waals surface area contributed by atoms with Gasteiger partial charge >= 0.3 is 0 Å². The summed E-state index contributed by atoms with van der Waals surface area (Å²) in [5.41, 5.74) is 2.07. The van der Waals surface area contributed by atoms with E-state index in [1.807, 2.05) is 35.7 Å². The van der Waals surface area contributed by atoms with E-state index in [-0.39, 0.29) is 0 Å². The summed E-state index contributed by atoms with van der Waals surface area (Å²) in [6, 6.07) is 12.2. The average Bonchev–Trinajstić information content (AvgIpc) is 3.18. The van der Waals surface area contributed by atoms with E-state index in [1.165, 1.54) is 0 Å². The maximum atomic E-state index is 5.80. The highest BCUT2D eigenvalue weighted by Crippen LogP contribution is 2.32. The number of hydrogen-bond acceptors (Lipinski definition) is 5. The highest BCUT2D eigenvalue weighted by atomic mass is 32.1. The number of para-hydroxylation sites is 2. The van der Waals surface area contributed by atoms with Crippen LogP contribution in [-0.4, -0.2) is 18.1 Å². The van der Waals surface area contributed by atoms with Crippen LogP contribution in [0.25, 0.3) is 10.8 Å². The van der Waals surface area contributed by atoms with Gasteiger partial charge in [0.05, 0.1) is 29.4 Å². The van der Waals surface area contributed by atoms with Gasteiger partial charge in [0.2, 0.25) is 5.89 Å². The third-order valence-corrected chi connectivity index (χ3v) is 4.53. The van der Waals surface area contributed by atoms with Crippen LogP contribution in [0.3, 0.4) is 0 Å². The fourth-order valence-electron chi connectivity index (χ4n) is 2.65. The van der Waals surface area contributed by atoms with Crippen molar-refractivity contribution in [1.82, 2.24) is 4.98 Å². The van der Waals surface area contributed by atoms with Gasteiger partial charge in [0.1, 0.15) is 12.0 Å². The largest absolute Gasteiger partial charge is 0.491 e. The smallest absolute Gasteiger partial charge is 0.236 e. The van der Waals surface area contributed by atoms with Crippen LogP contribution in [-0.2, 0) is 6.54 Å². The van der Waals surface area contributed by atoms with Gasteiger partial charge in [-0.05, 0) is 30.0 Å². The first kappa shape index (κ1) is 13.4. The van der Waals surface area contributed by atoms with Gasteiger partial charge in [0.15, 0.2) is 0 Å². The molecule has 0 saturated heterocycles. The monoisotopic (exact) mass is 312 g/mol. The summed E-state index contributed by atoms with van der Waals surface area (Å²) in [5, 5.41) is 2.03. The van der Waals surface area contributed by atoms with Crippen LogP contribution in [0.1, 0.15) is 12.1 Å². The average molecular weight is 312 g/mol. The molecule has 0 amide bonds. The Bertz CT molecular complexity index is 752. The van der Waals surface area contributed by atoms with Gasteiger partial charge in [0.25, 0.3) is 0 Å². The van der Waals surface area contributed by atoms with Gasteiger partial charge in [0, 0.05) is 6.54 Å². The SMILES string of the molecule is c1csc(-c2nc(CN3CCCOc4ccccc43)co2)c1. The highest BCUT2D eigenvalue weighted by molar-refractivity contribution is 7.13. The second-order valence-electron chi connectivity index (χ2n) is 5.21. The van der Waals surface area contributed by atoms with Crippen molar-refractivity contribution in [2.45, 2.75) is 13.0 Å². The molecule has 4 rings (SSSR count). The molecule has 0 aliphatic carbocycles. The summed E-state index contributed by atoms with van der Waals surface area (Å²) in [6.45, 7) is 2.44. The molecule has 0 radical (unpaired) electrons. The second kappa shape index (κ2) is 5.85. The Hall–Kier alpha value is -2.27. The molecular formula is C17H16N2O2S. The number of aromatic nitrogens is 1. The van der Waals surface area contributed by atoms with Crippen LogP contribution in [0.15, 0.2) is 52.5 Å². The normalized spacial score (nSPS) is 14.3. The Balaban J connectivity index is 1.58. The second-order valence-corrected chi connectivity index (χ2v) is 6.16. The lowest BCUT2D eigenvalue weighted by atomic mass is 10.2. The van der Waals surface area contributed by atoms with Crippen LogP contribution in [0.2, 0.25) is 0 Å². The van der Waals surface area contributed by atoms with Gasteiger partial charge in [-0.3, -0.25) is 0 Å². The summed E-state index contributed by atoms with van der Waals surface area (Å²) in [6.07, 6.45) is 2.76. The summed E-state index contributed by atoms with van der Waals surface area (Å²) in [7, 11) is 0. The van der Waals surface area contributed by atoms with E-state index in [4.69, 9.17) is 9.15 Å². The van der Waals surface area contributed by atoms with Crippen molar-refractivity contribution >= 4 is 17.0 Å². The lowest BCUT2D eigenvalue weighted by Gasteiger charge is -2.22. The first-order valence-electron chi connectivity index (χ1n) is 7.35. The molecular weight excluding hydrogens is 296 g/mol. The number of ether oxygens (including phenoxy) is 1. The summed E-state index contributed by atoms with van der Waals surface area (Å²) in [4.78, 5) is 7.98. The predicted molar refractivity (Wildman–Crippen MR) is 87.4 cm³/mol. The lowest BCUT2D eigenvalue weighted by Crippen LogP contribution is -2.23. The fourth-order valence-corrected chi connectivity index (χ4v) is 3.31. The minimum atomic E-state index is 0.698. The minimum Gasteiger partial charge on any atom is -0.491 e. The zero-order chi connectivity index (χ0) is 14.8. The first-order valence-corrected chi connectivity index (χ1v) is 8.23. The van der Waals surface area contributed by atoms with Crippen molar-refractivity contribution in [3.8, 4) is 16.5 Å². The number of nitrogens with zero attached hydrogens (tertiary/aromatic N) is 2. The van der Waals surface area contributed by atoms with E-state index in [2.05, 4.69) is 16.0 Å². The predicted octanol–water partition coefficient (Wildman–Crippen LogP) is 4.19. The number of rotatable bonds is 3. The molecule has 0 spiro atoms. The quantitative estimate of drug-likeness (QED) is 0.727. The molecule has 0 bridgehead atoms. The molecule has 0 unspecified atom stereocenters. The molecule has 0 N–H and O–H groups in total. The molecule has 3 aromatic rings. The number of anilines is 1. The number of hydrogen-bond donors (Lipinski definition) is 0. The summed E-state index contributed by atoms with van der Waals surface area (Å²) >= 11 is 1.64. The topological polar surface area (TPSA) is 38.5 Å². The Morgan fingerprint density at radius 3 is 3.05 bits per heavy atom. The van der Waals surface area contributed by atoms with E-state index in [1.54, 1.807) is 17.6 Å². The minimum absolute atomic E-state index is 0.698. The molecule has 3 heterocycles. The Labute approximate surface area is 133 Å². The number of benzene rings is 1. The van der Waals surface area contributed by atoms with Crippen molar-refractivity contribution in [3.63, 3.8) is 0 Å². The van der Waals surface area contributed by atoms with Crippen molar-refractivity contribution in [3.05, 3.63) is 53.7 Å². The molecule has 4 nitrogen and oxygen atoms in total. The Morgan fingerprint density at radius 1 is 1.18 bits per heavy atom. The third kappa shape index (κ3) is 2.60. The Kier molecular flexibility index (Phi) is 3.56. The maximum absolute atomic E-state index is 5.80. The van der Waals surface area contributed by atoms with Crippen molar-refractivity contribution in [2.24, 2.45) is 0 Å². The van der Waals surface area contributed by atoms with E-state index < -0.39 is 0 Å². The van der Waals surface area contributed by atoms with Crippen molar-refractivity contribution in [2.75, 3.05) is 18.1 Å². The Morgan fingerprint density at radius 2 is 2.14 bits per heavy atom. The maximum Gasteiger partial charge on any atom is 0.236 e. The molecule has 1 aromatic carbocycles. The van der Waals surface area contributed by atoms with Gasteiger partial charge in [-0.15, -0.1) is 11.3 Å². The highest BCUT2D eigenvalue weighted by Gasteiger charge is 2.18. The van der Waals surface area contributed by atoms with Crippen LogP contribution in [0, 0.1) is 0 Å². The first-order chi connectivity index (χ1) is 10.9. The molecule has 0 atom stereocenters. The molecule has 22 heavy (non-hydrogen) atoms. The zero-order valence-corrected chi connectivity index (χ0v) is 12.9. The van der Waals surface area contributed by atoms with Gasteiger partial charge < -0.3 is 14.1 Å². The number of oxazole rings is 1. The molecule has 5 heteroatoms. The van der Waals surface area contributed by atoms with Crippen LogP contribution < -0.4 is 9.64 Å². The van der Waals surface area contributed by atoms with Gasteiger partial charge in [-0.1, -0.05) is 18.2 Å². The molecule has 1 aliphatic heterocycles. The molecule has 112 valence electrons. The van der Waals surface area contributed by atoms with Crippen LogP contribution in [0.5, 0.6) is 5.75 Å². The van der Waals surface area contributed by atoms with E-state index in [0.717, 1.165) is 48.1 Å². The molecule has 0 saturated carbocycles. The zero-order valence-electron chi connectivity index (χ0n) is 12.1. The molecule has 0 fully saturated rings. The summed E-state index contributed by atoms with van der Waals surface area (Å²) in [5.74, 6) is 1.64. The van der Waals surface area contributed by atoms with E-state index in [0.29, 0.717) is 5.89 Å². The molecule has 2 aromatic heterocycles. The van der Waals surface area contributed by atoms with E-state index >= 15 is 0 Å². The van der Waals surface area contributed by atoms with Crippen LogP contribution in [0.4, 0.5) is 5.69 Å². The van der Waals surface area contributed by atoms with Crippen molar-refractivity contribution in [1.29, 1.82) is 0 Å². The van der Waals surface area contributed by atoms with E-state index in [9.17, 15) is 0 Å². The third-order valence-electron chi connectivity index (χ3n) is 3.67. The van der Waals surface area contributed by atoms with Gasteiger partial charge in [-0.2, -0.15) is 0 Å². The number of fused-ring (bicyclic) bond motifs is 1. The molecule has 1 aliphatic rings. The van der Waals surface area contributed by atoms with Crippen molar-refractivity contribution < 1.29 is 9.15 Å².